The van der Waals surface area contributed by atoms with Gasteiger partial charge in [-0.2, -0.15) is 4.31 Å². The lowest BCUT2D eigenvalue weighted by Crippen LogP contribution is -2.70. The molecule has 2 amide bonds. The molecule has 1 aliphatic heterocycles. The fourth-order valence-corrected chi connectivity index (χ4v) is 5.38. The molecular formula is C21H30ClN3O4S. The zero-order valence-corrected chi connectivity index (χ0v) is 19.1. The molecule has 30 heavy (non-hydrogen) atoms. The number of hydrogen-bond acceptors (Lipinski definition) is 4. The Kier molecular flexibility index (Phi) is 7.09. The summed E-state index contributed by atoms with van der Waals surface area (Å²) in [6.07, 6.45) is 8.46. The number of anilines is 1. The number of sulfonamides is 1. The van der Waals surface area contributed by atoms with Gasteiger partial charge in [-0.25, -0.2) is 8.42 Å². The number of carbonyl (C=O) groups excluding carboxylic acids is 2. The van der Waals surface area contributed by atoms with E-state index in [1.165, 1.54) is 11.3 Å². The molecule has 0 bridgehead atoms. The highest BCUT2D eigenvalue weighted by atomic mass is 35.5. The number of rotatable bonds is 4. The third-order valence-electron chi connectivity index (χ3n) is 6.00. The van der Waals surface area contributed by atoms with Gasteiger partial charge in [0.2, 0.25) is 21.8 Å². The van der Waals surface area contributed by atoms with Crippen LogP contribution in [0.4, 0.5) is 5.69 Å². The third kappa shape index (κ3) is 5.15. The summed E-state index contributed by atoms with van der Waals surface area (Å²) in [4.78, 5) is 28.0. The smallest absolute Gasteiger partial charge is 0.247 e. The zero-order valence-electron chi connectivity index (χ0n) is 17.6. The number of halogens is 1. The Balaban J connectivity index is 1.94. The second-order valence-electron chi connectivity index (χ2n) is 8.53. The highest BCUT2D eigenvalue weighted by Crippen LogP contribution is 2.32. The van der Waals surface area contributed by atoms with Crippen LogP contribution in [0.5, 0.6) is 0 Å². The first kappa shape index (κ1) is 23.0. The van der Waals surface area contributed by atoms with Gasteiger partial charge in [0.05, 0.1) is 12.8 Å². The minimum Gasteiger partial charge on any atom is -0.351 e. The average molecular weight is 456 g/mol. The highest BCUT2D eigenvalue weighted by Gasteiger charge is 2.50. The van der Waals surface area contributed by atoms with E-state index in [9.17, 15) is 18.0 Å². The van der Waals surface area contributed by atoms with Crippen molar-refractivity contribution in [2.75, 3.05) is 24.2 Å². The summed E-state index contributed by atoms with van der Waals surface area (Å²) in [6.45, 7) is 1.21. The van der Waals surface area contributed by atoms with Crippen molar-refractivity contribution in [3.05, 3.63) is 29.3 Å². The Morgan fingerprint density at radius 1 is 1.17 bits per heavy atom. The fourth-order valence-electron chi connectivity index (χ4n) is 4.36. The minimum atomic E-state index is -3.64. The van der Waals surface area contributed by atoms with Gasteiger partial charge in [0.1, 0.15) is 5.54 Å². The maximum atomic E-state index is 13.5. The second kappa shape index (κ2) is 9.24. The molecule has 0 radical (unpaired) electrons. The molecule has 1 aliphatic carbocycles. The van der Waals surface area contributed by atoms with E-state index in [4.69, 9.17) is 11.6 Å². The monoisotopic (exact) mass is 455 g/mol. The van der Waals surface area contributed by atoms with Crippen molar-refractivity contribution in [2.24, 2.45) is 0 Å². The van der Waals surface area contributed by atoms with Gasteiger partial charge < -0.3 is 5.32 Å². The van der Waals surface area contributed by atoms with Crippen LogP contribution in [0.1, 0.15) is 51.9 Å². The van der Waals surface area contributed by atoms with Gasteiger partial charge in [0.25, 0.3) is 0 Å². The molecule has 7 nitrogen and oxygen atoms in total. The molecule has 1 saturated carbocycles. The molecular weight excluding hydrogens is 426 g/mol. The standard InChI is InChI=1S/C21H30ClN3O4S/c1-21(20(27)23-17-10-6-4-3-5-7-11-17)15-24(30(2,28)29)14-19(26)25(21)18-12-8-9-16(22)13-18/h8-9,12-13,17H,3-7,10-11,14-15H2,1-2H3,(H,23,27). The maximum absolute atomic E-state index is 13.5. The lowest BCUT2D eigenvalue weighted by molar-refractivity contribution is -0.133. The van der Waals surface area contributed by atoms with Crippen molar-refractivity contribution in [1.29, 1.82) is 0 Å². The summed E-state index contributed by atoms with van der Waals surface area (Å²) in [7, 11) is -3.64. The van der Waals surface area contributed by atoms with E-state index in [1.54, 1.807) is 31.2 Å². The first-order valence-corrected chi connectivity index (χ1v) is 12.7. The Morgan fingerprint density at radius 2 is 1.80 bits per heavy atom. The number of hydrogen-bond donors (Lipinski definition) is 1. The molecule has 3 rings (SSSR count). The Hall–Kier alpha value is -1.64. The molecule has 166 valence electrons. The van der Waals surface area contributed by atoms with Gasteiger partial charge in [0, 0.05) is 23.3 Å². The summed E-state index contributed by atoms with van der Waals surface area (Å²) in [6, 6.07) is 6.76. The fraction of sp³-hybridized carbons (Fsp3) is 0.619. The van der Waals surface area contributed by atoms with Crippen LogP contribution in [-0.4, -0.2) is 55.5 Å². The molecule has 2 fully saturated rings. The van der Waals surface area contributed by atoms with Crippen LogP contribution >= 0.6 is 11.6 Å². The van der Waals surface area contributed by atoms with Crippen LogP contribution in [0.15, 0.2) is 24.3 Å². The summed E-state index contributed by atoms with van der Waals surface area (Å²) in [5, 5.41) is 3.56. The summed E-state index contributed by atoms with van der Waals surface area (Å²) >= 11 is 6.13. The number of benzene rings is 1. The number of piperazine rings is 1. The van der Waals surface area contributed by atoms with Gasteiger partial charge in [-0.3, -0.25) is 14.5 Å². The van der Waals surface area contributed by atoms with Crippen LogP contribution < -0.4 is 10.2 Å². The van der Waals surface area contributed by atoms with Gasteiger partial charge in [0.15, 0.2) is 0 Å². The number of carbonyl (C=O) groups is 2. The Bertz CT molecular complexity index is 899. The van der Waals surface area contributed by atoms with E-state index in [-0.39, 0.29) is 25.0 Å². The molecule has 0 spiro atoms. The molecule has 1 heterocycles. The molecule has 9 heteroatoms. The normalized spacial score (nSPS) is 24.9. The van der Waals surface area contributed by atoms with E-state index < -0.39 is 21.5 Å². The molecule has 2 aliphatic rings. The number of nitrogens with one attached hydrogen (secondary N) is 1. The minimum absolute atomic E-state index is 0.0274. The van der Waals surface area contributed by atoms with Crippen LogP contribution in [0.3, 0.4) is 0 Å². The van der Waals surface area contributed by atoms with E-state index in [2.05, 4.69) is 5.32 Å². The predicted molar refractivity (Wildman–Crippen MR) is 118 cm³/mol. The predicted octanol–water partition coefficient (Wildman–Crippen LogP) is 2.94. The van der Waals surface area contributed by atoms with E-state index in [1.807, 2.05) is 0 Å². The average Bonchev–Trinajstić information content (AvgIpc) is 2.62. The van der Waals surface area contributed by atoms with Crippen LogP contribution in [0, 0.1) is 0 Å². The molecule has 1 atom stereocenters. The molecule has 1 aromatic carbocycles. The van der Waals surface area contributed by atoms with Crippen LogP contribution in [-0.2, 0) is 19.6 Å². The maximum Gasteiger partial charge on any atom is 0.247 e. The van der Waals surface area contributed by atoms with Gasteiger partial charge >= 0.3 is 0 Å². The Morgan fingerprint density at radius 3 is 2.40 bits per heavy atom. The lowest BCUT2D eigenvalue weighted by Gasteiger charge is -2.47. The lowest BCUT2D eigenvalue weighted by atomic mass is 9.92. The zero-order chi connectivity index (χ0) is 21.9. The molecule has 1 aromatic rings. The summed E-state index contributed by atoms with van der Waals surface area (Å²) < 4.78 is 25.5. The first-order chi connectivity index (χ1) is 14.1. The Labute approximate surface area is 183 Å². The third-order valence-corrected chi connectivity index (χ3v) is 7.44. The molecule has 1 N–H and O–H groups in total. The van der Waals surface area contributed by atoms with E-state index >= 15 is 0 Å². The van der Waals surface area contributed by atoms with Gasteiger partial charge in [-0.15, -0.1) is 0 Å². The summed E-state index contributed by atoms with van der Waals surface area (Å²) in [5.74, 6) is -0.793. The van der Waals surface area contributed by atoms with Crippen molar-refractivity contribution in [1.82, 2.24) is 9.62 Å². The quantitative estimate of drug-likeness (QED) is 0.756. The first-order valence-electron chi connectivity index (χ1n) is 10.5. The largest absolute Gasteiger partial charge is 0.351 e. The van der Waals surface area contributed by atoms with Gasteiger partial charge in [-0.1, -0.05) is 49.8 Å². The van der Waals surface area contributed by atoms with Crippen molar-refractivity contribution in [3.63, 3.8) is 0 Å². The van der Waals surface area contributed by atoms with E-state index in [0.29, 0.717) is 10.7 Å². The SMILES string of the molecule is CC1(C(=O)NC2CCCCCCC2)CN(S(C)(=O)=O)CC(=O)N1c1cccc(Cl)c1. The molecule has 0 aromatic heterocycles. The highest BCUT2D eigenvalue weighted by molar-refractivity contribution is 7.88. The van der Waals surface area contributed by atoms with Crippen LogP contribution in [0.2, 0.25) is 5.02 Å². The topological polar surface area (TPSA) is 86.8 Å². The van der Waals surface area contributed by atoms with Crippen molar-refractivity contribution in [3.8, 4) is 0 Å². The number of nitrogens with zero attached hydrogens (tertiary/aromatic N) is 2. The van der Waals surface area contributed by atoms with Gasteiger partial charge in [-0.05, 0) is 38.0 Å². The molecule has 1 saturated heterocycles. The molecule has 1 unspecified atom stereocenters. The number of amides is 2. The van der Waals surface area contributed by atoms with Crippen molar-refractivity contribution >= 4 is 39.1 Å². The van der Waals surface area contributed by atoms with Crippen molar-refractivity contribution in [2.45, 2.75) is 63.5 Å². The van der Waals surface area contributed by atoms with Crippen molar-refractivity contribution < 1.29 is 18.0 Å². The van der Waals surface area contributed by atoms with Crippen LogP contribution in [0.25, 0.3) is 0 Å². The van der Waals surface area contributed by atoms with E-state index in [0.717, 1.165) is 49.1 Å². The summed E-state index contributed by atoms with van der Waals surface area (Å²) in [5.41, 5.74) is -0.901. The second-order valence-corrected chi connectivity index (χ2v) is 10.9.